The fourth-order valence-electron chi connectivity index (χ4n) is 5.33. The van der Waals surface area contributed by atoms with E-state index >= 15 is 0 Å². The number of quaternary nitrogens is 1. The number of carbonyl (C=O) groups excluding carboxylic acids is 2. The van der Waals surface area contributed by atoms with Crippen molar-refractivity contribution >= 4 is 12.0 Å². The predicted octanol–water partition coefficient (Wildman–Crippen LogP) is 9.12. The van der Waals surface area contributed by atoms with Gasteiger partial charge in [-0.3, -0.25) is 0 Å². The van der Waals surface area contributed by atoms with Gasteiger partial charge in [-0.05, 0) is 32.8 Å². The molecule has 2 aromatic carbocycles. The molecule has 0 bridgehead atoms. The van der Waals surface area contributed by atoms with Gasteiger partial charge in [-0.2, -0.15) is 0 Å². The molecule has 2 atom stereocenters. The average Bonchev–Trinajstić information content (AvgIpc) is 2.99. The molecule has 0 aromatic heterocycles. The molecule has 0 aliphatic rings. The first kappa shape index (κ1) is 37.4. The molecule has 0 aliphatic heterocycles. The lowest BCUT2D eigenvalue weighted by Crippen LogP contribution is -2.60. The van der Waals surface area contributed by atoms with Gasteiger partial charge in [-0.25, -0.2) is 14.8 Å². The summed E-state index contributed by atoms with van der Waals surface area (Å²) < 4.78 is 10.5. The Morgan fingerprint density at radius 2 is 1.23 bits per heavy atom. The smallest absolute Gasteiger partial charge is 0.408 e. The van der Waals surface area contributed by atoms with E-state index in [1.54, 1.807) is 20.8 Å². The molecule has 44 heavy (non-hydrogen) atoms. The predicted molar refractivity (Wildman–Crippen MR) is 177 cm³/mol. The second-order valence-electron chi connectivity index (χ2n) is 13.1. The fraction of sp³-hybridized carbons (Fsp3) is 0.622. The fourth-order valence-corrected chi connectivity index (χ4v) is 5.33. The number of amides is 2. The average molecular weight is 612 g/mol. The van der Waals surface area contributed by atoms with E-state index in [0.29, 0.717) is 6.42 Å². The lowest BCUT2D eigenvalue weighted by atomic mass is 10.0. The van der Waals surface area contributed by atoms with Gasteiger partial charge in [0.05, 0.1) is 13.2 Å². The summed E-state index contributed by atoms with van der Waals surface area (Å²) in [5, 5.41) is 14.6. The second kappa shape index (κ2) is 21.1. The number of alkyl carbamates (subject to hydrolysis) is 1. The van der Waals surface area contributed by atoms with Crippen LogP contribution in [0.1, 0.15) is 122 Å². The van der Waals surface area contributed by atoms with Crippen LogP contribution in [0.5, 0.6) is 0 Å². The highest BCUT2D eigenvalue weighted by atomic mass is 16.6. The number of hydrogen-bond acceptors (Lipinski definition) is 5. The Morgan fingerprint density at radius 1 is 0.750 bits per heavy atom. The van der Waals surface area contributed by atoms with Crippen LogP contribution in [0.2, 0.25) is 0 Å². The lowest BCUT2D eigenvalue weighted by molar-refractivity contribution is -1.05. The summed E-state index contributed by atoms with van der Waals surface area (Å²) >= 11 is 0. The maximum absolute atomic E-state index is 14.0. The van der Waals surface area contributed by atoms with Crippen LogP contribution in [-0.2, 0) is 27.4 Å². The Bertz CT molecular complexity index is 1040. The van der Waals surface area contributed by atoms with E-state index in [1.807, 2.05) is 60.7 Å². The summed E-state index contributed by atoms with van der Waals surface area (Å²) in [5.74, 6) is -0.508. The highest BCUT2D eigenvalue weighted by molar-refractivity contribution is 5.81. The molecule has 2 amide bonds. The van der Waals surface area contributed by atoms with E-state index in [0.717, 1.165) is 24.0 Å². The van der Waals surface area contributed by atoms with Gasteiger partial charge in [-0.1, -0.05) is 138 Å². The molecule has 0 heterocycles. The van der Waals surface area contributed by atoms with Gasteiger partial charge in [0.25, 0.3) is 0 Å². The van der Waals surface area contributed by atoms with Crippen LogP contribution in [0.4, 0.5) is 4.79 Å². The number of unbranched alkanes of at least 4 members (excludes halogenated alkanes) is 12. The molecule has 7 nitrogen and oxygen atoms in total. The quantitative estimate of drug-likeness (QED) is 0.0600. The highest BCUT2D eigenvalue weighted by Crippen LogP contribution is 2.19. The minimum Gasteiger partial charge on any atom is -0.444 e. The first-order valence-electron chi connectivity index (χ1n) is 16.9. The summed E-state index contributed by atoms with van der Waals surface area (Å²) in [5.41, 5.74) is 1.07. The third-order valence-electron chi connectivity index (χ3n) is 7.71. The van der Waals surface area contributed by atoms with Gasteiger partial charge in [-0.15, -0.1) is 4.65 Å². The molecule has 0 radical (unpaired) electrons. The molecular formula is C37H59N2O5+. The number of nitrogens with one attached hydrogen (secondary N) is 1. The Balaban J connectivity index is 1.97. The van der Waals surface area contributed by atoms with Gasteiger partial charge in [0.1, 0.15) is 18.7 Å². The van der Waals surface area contributed by atoms with Crippen molar-refractivity contribution in [3.63, 3.8) is 0 Å². The third kappa shape index (κ3) is 16.4. The van der Waals surface area contributed by atoms with Crippen molar-refractivity contribution < 1.29 is 28.9 Å². The second-order valence-corrected chi connectivity index (χ2v) is 13.1. The number of ether oxygens (including phenoxy) is 2. The Labute approximate surface area is 266 Å². The monoisotopic (exact) mass is 611 g/mol. The molecule has 0 aliphatic carbocycles. The van der Waals surface area contributed by atoms with Crippen LogP contribution in [0.25, 0.3) is 0 Å². The SMILES string of the molecule is CCCCCCCCCCCCCCC[N+](O)(Cc1ccccc1)C(=O)[C@H](COCc1ccccc1)NC(=O)OC(C)(C)C. The van der Waals surface area contributed by atoms with Crippen molar-refractivity contribution in [2.24, 2.45) is 0 Å². The van der Waals surface area contributed by atoms with E-state index in [4.69, 9.17) is 9.47 Å². The first-order chi connectivity index (χ1) is 21.1. The Kier molecular flexibility index (Phi) is 17.9. The molecule has 7 heteroatoms. The van der Waals surface area contributed by atoms with Gasteiger partial charge in [0.15, 0.2) is 6.04 Å². The van der Waals surface area contributed by atoms with Crippen LogP contribution < -0.4 is 5.32 Å². The zero-order valence-corrected chi connectivity index (χ0v) is 27.9. The number of hydroxylamine groups is 3. The van der Waals surface area contributed by atoms with E-state index in [1.165, 1.54) is 64.2 Å². The van der Waals surface area contributed by atoms with Gasteiger partial charge >= 0.3 is 12.0 Å². The van der Waals surface area contributed by atoms with E-state index in [9.17, 15) is 14.8 Å². The number of nitrogens with zero attached hydrogens (tertiary/aromatic N) is 1. The molecule has 246 valence electrons. The molecule has 1 unspecified atom stereocenters. The Morgan fingerprint density at radius 3 is 1.73 bits per heavy atom. The Hall–Kier alpha value is -2.74. The third-order valence-corrected chi connectivity index (χ3v) is 7.71. The zero-order chi connectivity index (χ0) is 32.1. The normalized spacial score (nSPS) is 13.7. The largest absolute Gasteiger partial charge is 0.444 e. The molecule has 0 fully saturated rings. The van der Waals surface area contributed by atoms with Crippen molar-refractivity contribution in [3.8, 4) is 0 Å². The number of hydrogen-bond donors (Lipinski definition) is 2. The summed E-state index contributed by atoms with van der Waals surface area (Å²) in [6.45, 7) is 8.14. The van der Waals surface area contributed by atoms with Crippen molar-refractivity contribution in [1.29, 1.82) is 0 Å². The number of carbonyl (C=O) groups is 2. The van der Waals surface area contributed by atoms with Crippen molar-refractivity contribution in [3.05, 3.63) is 71.8 Å². The summed E-state index contributed by atoms with van der Waals surface area (Å²) in [7, 11) is 0. The number of benzene rings is 2. The number of rotatable bonds is 22. The summed E-state index contributed by atoms with van der Waals surface area (Å²) in [6, 6.07) is 18.1. The van der Waals surface area contributed by atoms with E-state index in [-0.39, 0.29) is 26.3 Å². The standard InChI is InChI=1S/C37H58N2O5/c1-5-6-7-8-9-10-11-12-13-14-15-16-23-28-39(42,29-32-24-19-17-20-25-32)35(40)34(38-36(41)44-37(2,3)4)31-43-30-33-26-21-18-22-27-33/h17-22,24-27,34,42H,5-16,23,28-31H2,1-4H3/p+1/t34-,39?/m0/s1. The lowest BCUT2D eigenvalue weighted by Gasteiger charge is -2.31. The molecule has 2 rings (SSSR count). The minimum atomic E-state index is -1.08. The first-order valence-corrected chi connectivity index (χ1v) is 16.9. The topological polar surface area (TPSA) is 84.9 Å². The van der Waals surface area contributed by atoms with Gasteiger partial charge in [0.2, 0.25) is 0 Å². The molecule has 2 N–H and O–H groups in total. The van der Waals surface area contributed by atoms with Crippen LogP contribution in [0, 0.1) is 0 Å². The molecule has 0 spiro atoms. The summed E-state index contributed by atoms with van der Waals surface area (Å²) in [4.78, 5) is 26.8. The van der Waals surface area contributed by atoms with Crippen molar-refractivity contribution in [1.82, 2.24) is 5.32 Å². The van der Waals surface area contributed by atoms with Crippen LogP contribution >= 0.6 is 0 Å². The minimum absolute atomic E-state index is 0.0824. The molecule has 2 aromatic rings. The van der Waals surface area contributed by atoms with Crippen LogP contribution in [0.15, 0.2) is 60.7 Å². The van der Waals surface area contributed by atoms with Crippen LogP contribution in [0.3, 0.4) is 0 Å². The molecule has 0 saturated heterocycles. The molecular weight excluding hydrogens is 552 g/mol. The maximum Gasteiger partial charge on any atom is 0.408 e. The van der Waals surface area contributed by atoms with Crippen LogP contribution in [-0.4, -0.2) is 46.6 Å². The highest BCUT2D eigenvalue weighted by Gasteiger charge is 2.42. The molecule has 0 saturated carbocycles. The van der Waals surface area contributed by atoms with Gasteiger partial charge in [0, 0.05) is 12.0 Å². The van der Waals surface area contributed by atoms with E-state index in [2.05, 4.69) is 12.2 Å². The van der Waals surface area contributed by atoms with Crippen molar-refractivity contribution in [2.45, 2.75) is 136 Å². The van der Waals surface area contributed by atoms with Gasteiger partial charge < -0.3 is 14.8 Å². The van der Waals surface area contributed by atoms with E-state index < -0.39 is 28.3 Å². The van der Waals surface area contributed by atoms with Crippen molar-refractivity contribution in [2.75, 3.05) is 13.2 Å². The zero-order valence-electron chi connectivity index (χ0n) is 27.9. The maximum atomic E-state index is 14.0. The summed E-state index contributed by atoms with van der Waals surface area (Å²) in [6.07, 6.45) is 15.1.